The van der Waals surface area contributed by atoms with Crippen LogP contribution in [0.15, 0.2) is 42.1 Å². The lowest BCUT2D eigenvalue weighted by Crippen LogP contribution is -2.30. The summed E-state index contributed by atoms with van der Waals surface area (Å²) in [6.45, 7) is 2.58. The summed E-state index contributed by atoms with van der Waals surface area (Å²) < 4.78 is 16.4. The largest absolute Gasteiger partial charge is 0.493 e. The molecular weight excluding hydrogens is 384 g/mol. The lowest BCUT2D eigenvalue weighted by molar-refractivity contribution is -0.123. The minimum absolute atomic E-state index is 0.130. The van der Waals surface area contributed by atoms with Gasteiger partial charge in [0.25, 0.3) is 5.91 Å². The van der Waals surface area contributed by atoms with E-state index in [1.54, 1.807) is 42.5 Å². The minimum Gasteiger partial charge on any atom is -0.493 e. The van der Waals surface area contributed by atoms with Gasteiger partial charge in [0.15, 0.2) is 11.5 Å². The van der Waals surface area contributed by atoms with Crippen LogP contribution < -0.4 is 19.5 Å². The average Bonchev–Trinajstić information content (AvgIpc) is 3.23. The number of hydrogen-bond donors (Lipinski definition) is 1. The number of benzene rings is 2. The molecule has 0 spiro atoms. The smallest absolute Gasteiger partial charge is 0.329 e. The summed E-state index contributed by atoms with van der Waals surface area (Å²) in [4.78, 5) is 26.2. The molecule has 0 saturated carbocycles. The molecule has 0 atom stereocenters. The Morgan fingerprint density at radius 2 is 1.89 bits per heavy atom. The fourth-order valence-electron chi connectivity index (χ4n) is 2.98. The van der Waals surface area contributed by atoms with E-state index in [4.69, 9.17) is 25.8 Å². The van der Waals surface area contributed by atoms with E-state index in [2.05, 4.69) is 5.32 Å². The molecule has 28 heavy (non-hydrogen) atoms. The number of urea groups is 1. The van der Waals surface area contributed by atoms with Gasteiger partial charge in [0.05, 0.1) is 13.2 Å². The number of hydrogen-bond acceptors (Lipinski definition) is 5. The highest BCUT2D eigenvalue weighted by atomic mass is 35.5. The molecule has 2 heterocycles. The Hall–Kier alpha value is -3.19. The van der Waals surface area contributed by atoms with Gasteiger partial charge in [-0.3, -0.25) is 9.69 Å². The van der Waals surface area contributed by atoms with Gasteiger partial charge in [-0.15, -0.1) is 0 Å². The maximum Gasteiger partial charge on any atom is 0.329 e. The van der Waals surface area contributed by atoms with Crippen molar-refractivity contribution in [2.24, 2.45) is 0 Å². The topological polar surface area (TPSA) is 77.1 Å². The van der Waals surface area contributed by atoms with Crippen molar-refractivity contribution < 1.29 is 23.8 Å². The van der Waals surface area contributed by atoms with Crippen molar-refractivity contribution in [3.63, 3.8) is 0 Å². The average molecular weight is 401 g/mol. The molecule has 1 saturated heterocycles. The van der Waals surface area contributed by atoms with Gasteiger partial charge in [-0.2, -0.15) is 0 Å². The normalized spacial score (nSPS) is 16.6. The van der Waals surface area contributed by atoms with E-state index < -0.39 is 11.9 Å². The van der Waals surface area contributed by atoms with Gasteiger partial charge in [-0.1, -0.05) is 23.7 Å². The number of amides is 3. The second-order valence-electron chi connectivity index (χ2n) is 6.18. The molecule has 2 aliphatic rings. The Bertz CT molecular complexity index is 971. The fraction of sp³-hybridized carbons (Fsp3) is 0.200. The molecule has 3 amide bonds. The van der Waals surface area contributed by atoms with Crippen molar-refractivity contribution in [2.75, 3.05) is 13.4 Å². The number of halogens is 1. The van der Waals surface area contributed by atoms with Gasteiger partial charge in [0.2, 0.25) is 6.79 Å². The van der Waals surface area contributed by atoms with Crippen LogP contribution >= 0.6 is 11.6 Å². The summed E-state index contributed by atoms with van der Waals surface area (Å²) in [5, 5.41) is 3.21. The van der Waals surface area contributed by atoms with Gasteiger partial charge in [0.1, 0.15) is 11.4 Å². The van der Waals surface area contributed by atoms with Crippen LogP contribution in [-0.4, -0.2) is 30.2 Å². The summed E-state index contributed by atoms with van der Waals surface area (Å²) >= 11 is 5.88. The van der Waals surface area contributed by atoms with Gasteiger partial charge in [0, 0.05) is 16.7 Å². The van der Waals surface area contributed by atoms with Crippen LogP contribution in [0.2, 0.25) is 5.02 Å². The molecule has 0 aromatic heterocycles. The van der Waals surface area contributed by atoms with E-state index in [0.717, 1.165) is 10.5 Å². The molecule has 1 fully saturated rings. The van der Waals surface area contributed by atoms with E-state index in [0.29, 0.717) is 34.4 Å². The molecule has 0 unspecified atom stereocenters. The van der Waals surface area contributed by atoms with Crippen LogP contribution in [0.1, 0.15) is 18.1 Å². The number of imide groups is 1. The van der Waals surface area contributed by atoms with Crippen molar-refractivity contribution in [1.29, 1.82) is 0 Å². The molecule has 0 radical (unpaired) electrons. The van der Waals surface area contributed by atoms with Crippen LogP contribution in [0.25, 0.3) is 6.08 Å². The van der Waals surface area contributed by atoms with Crippen molar-refractivity contribution in [3.05, 3.63) is 58.2 Å². The highest BCUT2D eigenvalue weighted by Crippen LogP contribution is 2.39. The highest BCUT2D eigenvalue weighted by molar-refractivity contribution is 6.30. The first-order chi connectivity index (χ1) is 13.5. The van der Waals surface area contributed by atoms with Crippen LogP contribution in [-0.2, 0) is 11.3 Å². The van der Waals surface area contributed by atoms with Crippen LogP contribution in [0.5, 0.6) is 17.2 Å². The van der Waals surface area contributed by atoms with Crippen LogP contribution in [0.3, 0.4) is 0 Å². The molecule has 1 N–H and O–H groups in total. The predicted octanol–water partition coefficient (Wildman–Crippen LogP) is 3.56. The summed E-state index contributed by atoms with van der Waals surface area (Å²) in [7, 11) is 0. The summed E-state index contributed by atoms with van der Waals surface area (Å²) in [6.07, 6.45) is 1.58. The van der Waals surface area contributed by atoms with Crippen LogP contribution in [0, 0.1) is 0 Å². The third kappa shape index (κ3) is 3.48. The zero-order valence-electron chi connectivity index (χ0n) is 15.0. The van der Waals surface area contributed by atoms with Crippen molar-refractivity contribution in [3.8, 4) is 17.2 Å². The van der Waals surface area contributed by atoms with Crippen molar-refractivity contribution in [1.82, 2.24) is 10.2 Å². The maximum absolute atomic E-state index is 12.7. The van der Waals surface area contributed by atoms with E-state index >= 15 is 0 Å². The third-order valence-corrected chi connectivity index (χ3v) is 4.57. The molecule has 0 bridgehead atoms. The van der Waals surface area contributed by atoms with Gasteiger partial charge >= 0.3 is 6.03 Å². The maximum atomic E-state index is 12.7. The zero-order chi connectivity index (χ0) is 19.7. The Balaban J connectivity index is 1.61. The lowest BCUT2D eigenvalue weighted by Gasteiger charge is -2.12. The summed E-state index contributed by atoms with van der Waals surface area (Å²) in [6, 6.07) is 9.93. The SMILES string of the molecule is CCOc1cc2c(cc1C=C1NC(=O)N(Cc3ccc(Cl)cc3)C1=O)OCO2. The number of carbonyl (C=O) groups excluding carboxylic acids is 2. The lowest BCUT2D eigenvalue weighted by atomic mass is 10.1. The first kappa shape index (κ1) is 18.2. The quantitative estimate of drug-likeness (QED) is 0.613. The Morgan fingerprint density at radius 1 is 1.18 bits per heavy atom. The number of carbonyl (C=O) groups is 2. The molecule has 4 rings (SSSR count). The molecule has 7 nitrogen and oxygen atoms in total. The van der Waals surface area contributed by atoms with E-state index in [9.17, 15) is 9.59 Å². The molecule has 2 aromatic rings. The van der Waals surface area contributed by atoms with Gasteiger partial charge in [-0.05, 0) is 36.8 Å². The standard InChI is InChI=1S/C20H17ClN2O5/c1-2-26-16-9-18-17(27-11-28-18)8-13(16)7-15-19(24)23(20(25)22-15)10-12-3-5-14(21)6-4-12/h3-9H,2,10-11H2,1H3,(H,22,25). The number of nitrogens with one attached hydrogen (secondary N) is 1. The number of nitrogens with zero attached hydrogens (tertiary/aromatic N) is 1. The molecule has 8 heteroatoms. The molecule has 0 aliphatic carbocycles. The minimum atomic E-state index is -0.482. The molecule has 144 valence electrons. The summed E-state index contributed by atoms with van der Waals surface area (Å²) in [5.41, 5.74) is 1.58. The van der Waals surface area contributed by atoms with E-state index in [-0.39, 0.29) is 19.0 Å². The molecule has 2 aliphatic heterocycles. The zero-order valence-corrected chi connectivity index (χ0v) is 15.8. The number of rotatable bonds is 5. The van der Waals surface area contributed by atoms with E-state index in [1.807, 2.05) is 6.92 Å². The second kappa shape index (κ2) is 7.44. The molecular formula is C20H17ClN2O5. The molecule has 2 aromatic carbocycles. The predicted molar refractivity (Wildman–Crippen MR) is 102 cm³/mol. The highest BCUT2D eigenvalue weighted by Gasteiger charge is 2.34. The van der Waals surface area contributed by atoms with Crippen molar-refractivity contribution in [2.45, 2.75) is 13.5 Å². The second-order valence-corrected chi connectivity index (χ2v) is 6.62. The van der Waals surface area contributed by atoms with Crippen molar-refractivity contribution >= 4 is 29.6 Å². The van der Waals surface area contributed by atoms with Gasteiger partial charge < -0.3 is 19.5 Å². The third-order valence-electron chi connectivity index (χ3n) is 4.32. The summed E-state index contributed by atoms with van der Waals surface area (Å²) in [5.74, 6) is 1.26. The number of fused-ring (bicyclic) bond motifs is 1. The van der Waals surface area contributed by atoms with E-state index in [1.165, 1.54) is 0 Å². The number of ether oxygens (including phenoxy) is 3. The fourth-order valence-corrected chi connectivity index (χ4v) is 3.10. The Morgan fingerprint density at radius 3 is 2.61 bits per heavy atom. The Labute approximate surface area is 166 Å². The van der Waals surface area contributed by atoms with Crippen LogP contribution in [0.4, 0.5) is 4.79 Å². The first-order valence-electron chi connectivity index (χ1n) is 8.70. The first-order valence-corrected chi connectivity index (χ1v) is 9.08. The monoisotopic (exact) mass is 400 g/mol. The Kier molecular flexibility index (Phi) is 4.83. The van der Waals surface area contributed by atoms with Gasteiger partial charge in [-0.25, -0.2) is 4.79 Å².